The van der Waals surface area contributed by atoms with Crippen LogP contribution in [0.3, 0.4) is 0 Å². The quantitative estimate of drug-likeness (QED) is 0.754. The summed E-state index contributed by atoms with van der Waals surface area (Å²) in [6.07, 6.45) is 1.98. The fraction of sp³-hybridized carbons (Fsp3) is 0.368. The Bertz CT molecular complexity index is 931. The number of aromatic nitrogens is 1. The van der Waals surface area contributed by atoms with Gasteiger partial charge in [0.15, 0.2) is 6.61 Å². The van der Waals surface area contributed by atoms with E-state index in [1.165, 1.54) is 12.0 Å². The molecule has 0 saturated carbocycles. The first kappa shape index (κ1) is 19.4. The number of benzene rings is 1. The van der Waals surface area contributed by atoms with Gasteiger partial charge < -0.3 is 24.8 Å². The lowest BCUT2D eigenvalue weighted by atomic mass is 9.90. The summed E-state index contributed by atoms with van der Waals surface area (Å²) < 4.78 is 10.0. The number of ether oxygens (including phenoxy) is 2. The topological polar surface area (TPSA) is 118 Å². The molecule has 2 N–H and O–H groups in total. The van der Waals surface area contributed by atoms with Crippen LogP contribution >= 0.6 is 0 Å². The van der Waals surface area contributed by atoms with Crippen LogP contribution in [0.15, 0.2) is 30.5 Å². The number of amides is 2. The van der Waals surface area contributed by atoms with Gasteiger partial charge in [0.2, 0.25) is 0 Å². The molecule has 1 atom stereocenters. The number of hydrogen-bond acceptors (Lipinski definition) is 6. The number of esters is 1. The van der Waals surface area contributed by atoms with Gasteiger partial charge in [0.05, 0.1) is 18.2 Å². The van der Waals surface area contributed by atoms with Crippen molar-refractivity contribution < 1.29 is 29.0 Å². The number of rotatable bonds is 5. The minimum absolute atomic E-state index is 0.144. The second-order valence-corrected chi connectivity index (χ2v) is 6.84. The van der Waals surface area contributed by atoms with E-state index in [2.05, 4.69) is 15.0 Å². The van der Waals surface area contributed by atoms with Gasteiger partial charge in [-0.3, -0.25) is 9.78 Å². The molecule has 0 radical (unpaired) electrons. The summed E-state index contributed by atoms with van der Waals surface area (Å²) in [7, 11) is 1.27. The normalized spacial score (nSPS) is 18.7. The molecule has 148 valence electrons. The van der Waals surface area contributed by atoms with Crippen molar-refractivity contribution in [2.24, 2.45) is 5.41 Å². The van der Waals surface area contributed by atoms with Crippen molar-refractivity contribution in [1.82, 2.24) is 9.88 Å². The molecule has 1 aromatic carbocycles. The van der Waals surface area contributed by atoms with Crippen molar-refractivity contribution in [3.05, 3.63) is 30.5 Å². The number of carboxylic acid groups (broad SMARTS) is 1. The number of methoxy groups -OCH3 is 1. The summed E-state index contributed by atoms with van der Waals surface area (Å²) in [5.74, 6) is -1.04. The average molecular weight is 387 g/mol. The number of nitrogens with one attached hydrogen (secondary N) is 1. The van der Waals surface area contributed by atoms with Crippen LogP contribution in [0, 0.1) is 5.41 Å². The third-order valence-corrected chi connectivity index (χ3v) is 4.82. The van der Waals surface area contributed by atoms with Gasteiger partial charge in [0.1, 0.15) is 11.3 Å². The monoisotopic (exact) mass is 387 g/mol. The minimum Gasteiger partial charge on any atom is -0.481 e. The molecule has 0 spiro atoms. The zero-order valence-electron chi connectivity index (χ0n) is 15.6. The van der Waals surface area contributed by atoms with Crippen molar-refractivity contribution in [3.63, 3.8) is 0 Å². The summed E-state index contributed by atoms with van der Waals surface area (Å²) in [4.78, 5) is 41.1. The van der Waals surface area contributed by atoms with Crippen molar-refractivity contribution in [2.75, 3.05) is 32.1 Å². The van der Waals surface area contributed by atoms with Crippen LogP contribution in [0.4, 0.5) is 10.5 Å². The van der Waals surface area contributed by atoms with Gasteiger partial charge in [-0.25, -0.2) is 9.59 Å². The first-order chi connectivity index (χ1) is 13.3. The van der Waals surface area contributed by atoms with Gasteiger partial charge in [-0.05, 0) is 37.6 Å². The molecule has 2 heterocycles. The number of fused-ring (bicyclic) bond motifs is 1. The molecule has 28 heavy (non-hydrogen) atoms. The van der Waals surface area contributed by atoms with Crippen LogP contribution in [0.25, 0.3) is 10.9 Å². The third kappa shape index (κ3) is 3.83. The fourth-order valence-corrected chi connectivity index (χ4v) is 3.07. The number of urea groups is 1. The zero-order chi connectivity index (χ0) is 20.3. The van der Waals surface area contributed by atoms with Crippen molar-refractivity contribution in [2.45, 2.75) is 13.3 Å². The van der Waals surface area contributed by atoms with Crippen LogP contribution in [0.1, 0.15) is 13.3 Å². The Morgan fingerprint density at radius 3 is 2.79 bits per heavy atom. The molecule has 1 aliphatic rings. The lowest BCUT2D eigenvalue weighted by Gasteiger charge is -2.21. The van der Waals surface area contributed by atoms with Crippen LogP contribution in [-0.2, 0) is 14.3 Å². The minimum atomic E-state index is -0.938. The van der Waals surface area contributed by atoms with E-state index in [1.807, 2.05) is 0 Å². The third-order valence-electron chi connectivity index (χ3n) is 4.82. The Morgan fingerprint density at radius 2 is 2.11 bits per heavy atom. The van der Waals surface area contributed by atoms with E-state index in [0.717, 1.165) is 0 Å². The number of pyridine rings is 1. The highest BCUT2D eigenvalue weighted by Crippen LogP contribution is 2.33. The molecule has 9 nitrogen and oxygen atoms in total. The molecule has 1 aromatic heterocycles. The van der Waals surface area contributed by atoms with Gasteiger partial charge in [0.25, 0.3) is 0 Å². The number of carbonyl (C=O) groups is 3. The van der Waals surface area contributed by atoms with E-state index in [-0.39, 0.29) is 19.2 Å². The lowest BCUT2D eigenvalue weighted by molar-refractivity contribution is -0.147. The average Bonchev–Trinajstić information content (AvgIpc) is 3.11. The maximum atomic E-state index is 12.6. The highest BCUT2D eigenvalue weighted by Gasteiger charge is 2.42. The van der Waals surface area contributed by atoms with Crippen LogP contribution in [0.5, 0.6) is 5.75 Å². The fourth-order valence-electron chi connectivity index (χ4n) is 3.07. The predicted octanol–water partition coefficient (Wildman–Crippen LogP) is 2.12. The van der Waals surface area contributed by atoms with E-state index >= 15 is 0 Å². The first-order valence-electron chi connectivity index (χ1n) is 8.71. The molecule has 1 fully saturated rings. The number of anilines is 1. The molecule has 9 heteroatoms. The Labute approximate surface area is 161 Å². The molecule has 2 amide bonds. The summed E-state index contributed by atoms with van der Waals surface area (Å²) in [5.41, 5.74) is 0.0652. The maximum absolute atomic E-state index is 12.6. The largest absolute Gasteiger partial charge is 0.481 e. The van der Waals surface area contributed by atoms with Crippen LogP contribution in [0.2, 0.25) is 0 Å². The Morgan fingerprint density at radius 1 is 1.32 bits per heavy atom. The summed E-state index contributed by atoms with van der Waals surface area (Å²) in [6, 6.07) is 6.38. The first-order valence-corrected chi connectivity index (χ1v) is 8.71. The molecular weight excluding hydrogens is 366 g/mol. The number of hydrogen-bond donors (Lipinski definition) is 2. The highest BCUT2D eigenvalue weighted by atomic mass is 16.6. The number of aliphatic carboxylic acids is 1. The van der Waals surface area contributed by atoms with Crippen LogP contribution < -0.4 is 10.1 Å². The molecule has 1 aliphatic heterocycles. The van der Waals surface area contributed by atoms with Crippen LogP contribution in [-0.4, -0.2) is 59.8 Å². The van der Waals surface area contributed by atoms with E-state index in [1.54, 1.807) is 37.4 Å². The van der Waals surface area contributed by atoms with Gasteiger partial charge in [-0.15, -0.1) is 0 Å². The zero-order valence-corrected chi connectivity index (χ0v) is 15.6. The molecule has 1 unspecified atom stereocenters. The van der Waals surface area contributed by atoms with E-state index in [9.17, 15) is 19.5 Å². The second kappa shape index (κ2) is 7.71. The lowest BCUT2D eigenvalue weighted by Crippen LogP contribution is -2.37. The molecule has 0 bridgehead atoms. The molecule has 1 saturated heterocycles. The Hall–Kier alpha value is -3.36. The molecule has 0 aliphatic carbocycles. The van der Waals surface area contributed by atoms with E-state index in [4.69, 9.17) is 4.74 Å². The predicted molar refractivity (Wildman–Crippen MR) is 100 cm³/mol. The van der Waals surface area contributed by atoms with Crippen molar-refractivity contribution in [3.8, 4) is 5.75 Å². The highest BCUT2D eigenvalue weighted by molar-refractivity contribution is 6.02. The Balaban J connectivity index is 1.80. The van der Waals surface area contributed by atoms with Gasteiger partial charge >= 0.3 is 18.0 Å². The molecular formula is C19H21N3O6. The molecule has 3 rings (SSSR count). The maximum Gasteiger partial charge on any atom is 0.343 e. The SMILES string of the molecule is COC(=O)COc1ccc(NC(=O)N2CCC(C)(C(=O)O)C2)c2cccnc12. The van der Waals surface area contributed by atoms with Gasteiger partial charge in [-0.2, -0.15) is 0 Å². The second-order valence-electron chi connectivity index (χ2n) is 6.84. The summed E-state index contributed by atoms with van der Waals surface area (Å²) in [5, 5.41) is 12.8. The number of nitrogens with zero attached hydrogens (tertiary/aromatic N) is 2. The number of carboxylic acids is 1. The number of carbonyl (C=O) groups excluding carboxylic acids is 2. The van der Waals surface area contributed by atoms with Crippen molar-refractivity contribution in [1.29, 1.82) is 0 Å². The summed E-state index contributed by atoms with van der Waals surface area (Å²) in [6.45, 7) is 1.89. The summed E-state index contributed by atoms with van der Waals surface area (Å²) >= 11 is 0. The molecule has 2 aromatic rings. The van der Waals surface area contributed by atoms with E-state index in [0.29, 0.717) is 35.3 Å². The Kier molecular flexibility index (Phi) is 5.34. The smallest absolute Gasteiger partial charge is 0.343 e. The van der Waals surface area contributed by atoms with Crippen molar-refractivity contribution >= 4 is 34.6 Å². The standard InChI is InChI=1S/C19H21N3O6/c1-19(17(24)25)7-9-22(11-19)18(26)21-13-5-6-14(28-10-15(23)27-2)16-12(13)4-3-8-20-16/h3-6,8H,7,9-11H2,1-2H3,(H,21,26)(H,24,25). The van der Waals surface area contributed by atoms with Gasteiger partial charge in [-0.1, -0.05) is 0 Å². The van der Waals surface area contributed by atoms with E-state index < -0.39 is 17.4 Å². The van der Waals surface area contributed by atoms with Gasteiger partial charge in [0, 0.05) is 24.7 Å². The number of likely N-dealkylation sites (tertiary alicyclic amines) is 1.